The number of likely N-dealkylation sites (tertiary alicyclic amines) is 2. The number of hydrogen-bond donors (Lipinski definition) is 1. The maximum atomic E-state index is 12.6. The first-order chi connectivity index (χ1) is 12.0. The Hall–Kier alpha value is -1.96. The van der Waals surface area contributed by atoms with Crippen LogP contribution in [-0.2, 0) is 23.9 Å². The van der Waals surface area contributed by atoms with Crippen molar-refractivity contribution >= 4 is 23.7 Å². The van der Waals surface area contributed by atoms with Crippen molar-refractivity contribution in [2.75, 3.05) is 13.1 Å². The van der Waals surface area contributed by atoms with Crippen LogP contribution >= 0.6 is 0 Å². The fraction of sp³-hybridized carbons (Fsp3) is 0.765. The molecule has 4 aliphatic rings. The van der Waals surface area contributed by atoms with E-state index in [2.05, 4.69) is 0 Å². The molecule has 0 aromatic heterocycles. The fourth-order valence-corrected chi connectivity index (χ4v) is 4.83. The molecule has 0 saturated carbocycles. The number of imide groups is 1. The Bertz CT molecular complexity index is 607. The van der Waals surface area contributed by atoms with E-state index < -0.39 is 12.0 Å². The molecule has 8 heteroatoms. The first kappa shape index (κ1) is 16.5. The molecule has 4 saturated heterocycles. The van der Waals surface area contributed by atoms with Gasteiger partial charge in [-0.1, -0.05) is 0 Å². The summed E-state index contributed by atoms with van der Waals surface area (Å²) in [7, 11) is 0. The van der Waals surface area contributed by atoms with E-state index in [0.717, 1.165) is 25.7 Å². The van der Waals surface area contributed by atoms with E-state index in [9.17, 15) is 24.3 Å². The lowest BCUT2D eigenvalue weighted by Crippen LogP contribution is -2.49. The van der Waals surface area contributed by atoms with E-state index in [4.69, 9.17) is 4.74 Å². The smallest absolute Gasteiger partial charge is 0.326 e. The molecular formula is C17H22N2O6. The van der Waals surface area contributed by atoms with Crippen LogP contribution in [-0.4, -0.2) is 69.9 Å². The van der Waals surface area contributed by atoms with E-state index in [0.29, 0.717) is 13.0 Å². The Labute approximate surface area is 145 Å². The molecule has 25 heavy (non-hydrogen) atoms. The van der Waals surface area contributed by atoms with E-state index in [-0.39, 0.29) is 54.7 Å². The summed E-state index contributed by atoms with van der Waals surface area (Å²) in [6.07, 6.45) is 3.30. The van der Waals surface area contributed by atoms with Crippen LogP contribution in [0.3, 0.4) is 0 Å². The van der Waals surface area contributed by atoms with Crippen LogP contribution in [0, 0.1) is 11.8 Å². The Morgan fingerprint density at radius 2 is 1.68 bits per heavy atom. The maximum Gasteiger partial charge on any atom is 0.326 e. The number of carbonyl (C=O) groups excluding carboxylic acids is 3. The highest BCUT2D eigenvalue weighted by molar-refractivity contribution is 6.06. The van der Waals surface area contributed by atoms with Crippen LogP contribution in [0.2, 0.25) is 0 Å². The lowest BCUT2D eigenvalue weighted by molar-refractivity contribution is -0.153. The zero-order valence-electron chi connectivity index (χ0n) is 13.9. The summed E-state index contributed by atoms with van der Waals surface area (Å²) in [4.78, 5) is 51.5. The fourth-order valence-electron chi connectivity index (χ4n) is 4.83. The lowest BCUT2D eigenvalue weighted by Gasteiger charge is -2.33. The molecule has 0 aromatic carbocycles. The van der Waals surface area contributed by atoms with Gasteiger partial charge in [-0.25, -0.2) is 4.79 Å². The Balaban J connectivity index is 1.40. The van der Waals surface area contributed by atoms with Crippen molar-refractivity contribution in [1.82, 2.24) is 9.80 Å². The van der Waals surface area contributed by atoms with Gasteiger partial charge in [0.05, 0.1) is 24.0 Å². The van der Waals surface area contributed by atoms with Gasteiger partial charge in [-0.15, -0.1) is 0 Å². The molecule has 136 valence electrons. The number of amides is 3. The third-order valence-electron chi connectivity index (χ3n) is 6.03. The number of fused-ring (bicyclic) bond motifs is 5. The van der Waals surface area contributed by atoms with Gasteiger partial charge in [0.2, 0.25) is 17.7 Å². The van der Waals surface area contributed by atoms with Crippen LogP contribution in [0.15, 0.2) is 0 Å². The van der Waals surface area contributed by atoms with Crippen molar-refractivity contribution in [1.29, 1.82) is 0 Å². The molecular weight excluding hydrogens is 328 g/mol. The second-order valence-corrected chi connectivity index (χ2v) is 7.36. The third-order valence-corrected chi connectivity index (χ3v) is 6.03. The van der Waals surface area contributed by atoms with Gasteiger partial charge in [-0.2, -0.15) is 0 Å². The number of rotatable bonds is 4. The molecule has 4 fully saturated rings. The molecule has 1 N–H and O–H groups in total. The summed E-state index contributed by atoms with van der Waals surface area (Å²) in [5.41, 5.74) is 0. The summed E-state index contributed by atoms with van der Waals surface area (Å²) in [5.74, 6) is -2.54. The lowest BCUT2D eigenvalue weighted by atomic mass is 9.81. The molecule has 0 spiro atoms. The van der Waals surface area contributed by atoms with E-state index in [1.165, 1.54) is 9.80 Å². The highest BCUT2D eigenvalue weighted by Crippen LogP contribution is 2.48. The van der Waals surface area contributed by atoms with Crippen LogP contribution < -0.4 is 0 Å². The van der Waals surface area contributed by atoms with Gasteiger partial charge in [0.1, 0.15) is 6.04 Å². The number of hydrogen-bond acceptors (Lipinski definition) is 5. The predicted octanol–water partition coefficient (Wildman–Crippen LogP) is 0.00460. The number of piperidine rings is 1. The monoisotopic (exact) mass is 350 g/mol. The first-order valence-electron chi connectivity index (χ1n) is 9.02. The molecule has 4 aliphatic heterocycles. The van der Waals surface area contributed by atoms with Gasteiger partial charge < -0.3 is 14.7 Å². The number of ether oxygens (including phenoxy) is 1. The zero-order chi connectivity index (χ0) is 17.7. The largest absolute Gasteiger partial charge is 0.480 e. The summed E-state index contributed by atoms with van der Waals surface area (Å²) in [6.45, 7) is 0.451. The molecule has 0 aromatic rings. The molecule has 0 aliphatic carbocycles. The Morgan fingerprint density at radius 3 is 2.28 bits per heavy atom. The van der Waals surface area contributed by atoms with Gasteiger partial charge in [0.15, 0.2) is 0 Å². The van der Waals surface area contributed by atoms with Crippen LogP contribution in [0.5, 0.6) is 0 Å². The van der Waals surface area contributed by atoms with Crippen LogP contribution in [0.25, 0.3) is 0 Å². The molecule has 8 nitrogen and oxygen atoms in total. The number of nitrogens with zero attached hydrogens (tertiary/aromatic N) is 2. The maximum absolute atomic E-state index is 12.6. The minimum Gasteiger partial charge on any atom is -0.480 e. The predicted molar refractivity (Wildman–Crippen MR) is 83.2 cm³/mol. The molecule has 0 radical (unpaired) electrons. The number of carboxylic acids is 1. The molecule has 3 amide bonds. The summed E-state index contributed by atoms with van der Waals surface area (Å²) >= 11 is 0. The summed E-state index contributed by atoms with van der Waals surface area (Å²) in [6, 6.07) is -0.796. The molecule has 2 bridgehead atoms. The topological polar surface area (TPSA) is 104 Å². The number of carbonyl (C=O) groups is 4. The molecule has 4 heterocycles. The Kier molecular flexibility index (Phi) is 4.02. The van der Waals surface area contributed by atoms with Gasteiger partial charge in [-0.05, 0) is 32.1 Å². The molecule has 4 rings (SSSR count). The third kappa shape index (κ3) is 2.54. The average molecular weight is 350 g/mol. The van der Waals surface area contributed by atoms with E-state index >= 15 is 0 Å². The van der Waals surface area contributed by atoms with Crippen molar-refractivity contribution in [2.45, 2.75) is 56.8 Å². The van der Waals surface area contributed by atoms with Gasteiger partial charge >= 0.3 is 5.97 Å². The molecule has 5 atom stereocenters. The number of carboxylic acid groups (broad SMARTS) is 1. The van der Waals surface area contributed by atoms with E-state index in [1.807, 2.05) is 0 Å². The van der Waals surface area contributed by atoms with Crippen LogP contribution in [0.1, 0.15) is 38.5 Å². The van der Waals surface area contributed by atoms with Crippen LogP contribution in [0.4, 0.5) is 0 Å². The van der Waals surface area contributed by atoms with Crippen molar-refractivity contribution in [3.63, 3.8) is 0 Å². The number of aliphatic carboxylic acids is 1. The van der Waals surface area contributed by atoms with Crippen molar-refractivity contribution in [3.8, 4) is 0 Å². The first-order valence-corrected chi connectivity index (χ1v) is 9.02. The second kappa shape index (κ2) is 6.09. The minimum atomic E-state index is -0.996. The Morgan fingerprint density at radius 1 is 1.04 bits per heavy atom. The highest BCUT2D eigenvalue weighted by Gasteiger charge is 2.62. The normalized spacial score (nSPS) is 36.9. The summed E-state index contributed by atoms with van der Waals surface area (Å²) in [5, 5.41) is 9.27. The average Bonchev–Trinajstić information content (AvgIpc) is 3.28. The van der Waals surface area contributed by atoms with Crippen molar-refractivity contribution in [2.24, 2.45) is 11.8 Å². The standard InChI is InChI=1S/C17H22N2O6/c20-12(18-7-2-1-3-9(18)17(23)24)6-8-19-15(21)13-10-4-5-11(25-10)14(13)16(19)22/h9-11,13-14H,1-8H2,(H,23,24). The SMILES string of the molecule is O=C(O)C1CCCCN1C(=O)CCN1C(=O)C2C3CCC(O3)C2C1=O. The van der Waals surface area contributed by atoms with Gasteiger partial charge in [0.25, 0.3) is 0 Å². The second-order valence-electron chi connectivity index (χ2n) is 7.36. The quantitative estimate of drug-likeness (QED) is 0.716. The minimum absolute atomic E-state index is 0.0170. The summed E-state index contributed by atoms with van der Waals surface area (Å²) < 4.78 is 5.68. The van der Waals surface area contributed by atoms with E-state index in [1.54, 1.807) is 0 Å². The zero-order valence-corrected chi connectivity index (χ0v) is 13.9. The van der Waals surface area contributed by atoms with Crippen molar-refractivity contribution < 1.29 is 29.0 Å². The highest BCUT2D eigenvalue weighted by atomic mass is 16.5. The molecule has 5 unspecified atom stereocenters. The van der Waals surface area contributed by atoms with Gasteiger partial charge in [-0.3, -0.25) is 19.3 Å². The van der Waals surface area contributed by atoms with Gasteiger partial charge in [0, 0.05) is 19.5 Å². The van der Waals surface area contributed by atoms with Crippen molar-refractivity contribution in [3.05, 3.63) is 0 Å².